The van der Waals surface area contributed by atoms with Gasteiger partial charge >= 0.3 is 5.76 Å². The van der Waals surface area contributed by atoms with E-state index in [9.17, 15) is 24.9 Å². The van der Waals surface area contributed by atoms with Crippen LogP contribution in [0.3, 0.4) is 0 Å². The number of aliphatic hydroxyl groups is 3. The molecule has 1 aliphatic rings. The second-order valence-corrected chi connectivity index (χ2v) is 5.66. The van der Waals surface area contributed by atoms with E-state index in [2.05, 4.69) is 5.32 Å². The number of nitrogens with zero attached hydrogens (tertiary/aromatic N) is 1. The summed E-state index contributed by atoms with van der Waals surface area (Å²) in [5.74, 6) is -1.21. The topological polar surface area (TPSA) is 134 Å². The Morgan fingerprint density at radius 3 is 2.67 bits per heavy atom. The molecule has 2 aromatic rings. The highest BCUT2D eigenvalue weighted by Crippen LogP contribution is 2.30. The van der Waals surface area contributed by atoms with Gasteiger partial charge < -0.3 is 29.8 Å². The van der Waals surface area contributed by atoms with E-state index in [-0.39, 0.29) is 0 Å². The Labute approximate surface area is 136 Å². The molecule has 24 heavy (non-hydrogen) atoms. The lowest BCUT2D eigenvalue weighted by Crippen LogP contribution is -2.62. The van der Waals surface area contributed by atoms with E-state index in [1.54, 1.807) is 24.3 Å². The van der Waals surface area contributed by atoms with E-state index in [0.29, 0.717) is 11.1 Å². The van der Waals surface area contributed by atoms with Gasteiger partial charge in [-0.2, -0.15) is 0 Å². The van der Waals surface area contributed by atoms with Crippen molar-refractivity contribution >= 4 is 17.0 Å². The minimum absolute atomic E-state index is 0.314. The first-order valence-electron chi connectivity index (χ1n) is 7.43. The summed E-state index contributed by atoms with van der Waals surface area (Å²) in [5.41, 5.74) is 0.719. The molecular weight excluding hydrogens is 320 g/mol. The van der Waals surface area contributed by atoms with Gasteiger partial charge in [-0.15, -0.1) is 0 Å². The smallest absolute Gasteiger partial charge is 0.408 e. The van der Waals surface area contributed by atoms with Crippen LogP contribution in [0.15, 0.2) is 33.5 Å². The number of para-hydroxylation sites is 2. The molecule has 1 saturated heterocycles. The summed E-state index contributed by atoms with van der Waals surface area (Å²) in [4.78, 5) is 23.7. The molecule has 9 nitrogen and oxygen atoms in total. The number of carbonyl (C=O) groups is 1. The number of aromatic nitrogens is 1. The van der Waals surface area contributed by atoms with Crippen LogP contribution in [0.1, 0.15) is 13.2 Å². The van der Waals surface area contributed by atoms with Gasteiger partial charge in [0.1, 0.15) is 24.4 Å². The molecule has 0 unspecified atom stereocenters. The maximum Gasteiger partial charge on any atom is 0.422 e. The molecule has 0 bridgehead atoms. The summed E-state index contributed by atoms with van der Waals surface area (Å²) in [6.07, 6.45) is -5.13. The van der Waals surface area contributed by atoms with E-state index < -0.39 is 48.9 Å². The first kappa shape index (κ1) is 16.7. The van der Waals surface area contributed by atoms with Gasteiger partial charge in [0.05, 0.1) is 12.1 Å². The van der Waals surface area contributed by atoms with Crippen molar-refractivity contribution in [2.45, 2.75) is 37.5 Å². The fraction of sp³-hybridized carbons (Fsp3) is 0.467. The molecular formula is C15H18N2O7. The number of ether oxygens (including phenoxy) is 1. The molecule has 4 N–H and O–H groups in total. The Morgan fingerprint density at radius 1 is 1.29 bits per heavy atom. The van der Waals surface area contributed by atoms with Crippen molar-refractivity contribution in [3.05, 3.63) is 34.8 Å². The van der Waals surface area contributed by atoms with Gasteiger partial charge in [0.15, 0.2) is 11.8 Å². The van der Waals surface area contributed by atoms with Crippen LogP contribution in [0.2, 0.25) is 0 Å². The van der Waals surface area contributed by atoms with Gasteiger partial charge in [-0.25, -0.2) is 9.36 Å². The Kier molecular flexibility index (Phi) is 4.41. The van der Waals surface area contributed by atoms with Gasteiger partial charge in [0.25, 0.3) is 0 Å². The van der Waals surface area contributed by atoms with E-state index in [1.165, 1.54) is 6.92 Å². The van der Waals surface area contributed by atoms with Crippen LogP contribution >= 0.6 is 0 Å². The standard InChI is InChI=1S/C15H18N2O7/c1-7(19)16-11-13(21)12(20)10(6-18)23-14(11)17-8-4-2-3-5-9(8)24-15(17)22/h2-5,10-14,18,20-21H,6H2,1H3,(H,16,19)/t10-,11-,12-,13+,14-/m1/s1. The normalized spacial score (nSPS) is 30.4. The van der Waals surface area contributed by atoms with Crippen LogP contribution < -0.4 is 11.1 Å². The van der Waals surface area contributed by atoms with Gasteiger partial charge in [0, 0.05) is 6.92 Å². The molecule has 9 heteroatoms. The summed E-state index contributed by atoms with van der Waals surface area (Å²) in [6.45, 7) is 0.677. The molecule has 130 valence electrons. The quantitative estimate of drug-likeness (QED) is 0.547. The largest absolute Gasteiger partial charge is 0.422 e. The lowest BCUT2D eigenvalue weighted by atomic mass is 9.95. The highest BCUT2D eigenvalue weighted by Gasteiger charge is 2.46. The fourth-order valence-corrected chi connectivity index (χ4v) is 2.93. The lowest BCUT2D eigenvalue weighted by molar-refractivity contribution is -0.216. The molecule has 0 radical (unpaired) electrons. The van der Waals surface area contributed by atoms with Gasteiger partial charge in [-0.05, 0) is 12.1 Å². The number of hydrogen-bond donors (Lipinski definition) is 4. The van der Waals surface area contributed by atoms with Crippen LogP contribution in [0.4, 0.5) is 0 Å². The number of nitrogens with one attached hydrogen (secondary N) is 1. The van der Waals surface area contributed by atoms with Gasteiger partial charge in [-0.3, -0.25) is 4.79 Å². The summed E-state index contributed by atoms with van der Waals surface area (Å²) >= 11 is 0. The van der Waals surface area contributed by atoms with Gasteiger partial charge in [0.2, 0.25) is 5.91 Å². The minimum atomic E-state index is -1.44. The third-order valence-electron chi connectivity index (χ3n) is 4.04. The summed E-state index contributed by atoms with van der Waals surface area (Å²) in [7, 11) is 0. The van der Waals surface area contributed by atoms with E-state index >= 15 is 0 Å². The van der Waals surface area contributed by atoms with Crippen molar-refractivity contribution < 1.29 is 29.3 Å². The predicted molar refractivity (Wildman–Crippen MR) is 81.1 cm³/mol. The Hall–Kier alpha value is -2.20. The van der Waals surface area contributed by atoms with Crippen molar-refractivity contribution in [3.63, 3.8) is 0 Å². The predicted octanol–water partition coefficient (Wildman–Crippen LogP) is -1.29. The van der Waals surface area contributed by atoms with Crippen molar-refractivity contribution in [2.75, 3.05) is 6.61 Å². The molecule has 3 rings (SSSR count). The zero-order chi connectivity index (χ0) is 17.4. The SMILES string of the molecule is CC(=O)N[C@@H]1[C@H](O)[C@H](O)[C@@H](CO)O[C@H]1n1c(=O)oc2ccccc21. The van der Waals surface area contributed by atoms with Crippen LogP contribution in [-0.4, -0.2) is 56.8 Å². The minimum Gasteiger partial charge on any atom is -0.408 e. The molecule has 1 aromatic carbocycles. The Bertz CT molecular complexity index is 798. The van der Waals surface area contributed by atoms with Crippen LogP contribution in [0, 0.1) is 0 Å². The first-order chi connectivity index (χ1) is 11.4. The molecule has 2 heterocycles. The first-order valence-corrected chi connectivity index (χ1v) is 7.43. The number of fused-ring (bicyclic) bond motifs is 1. The number of oxazole rings is 1. The maximum atomic E-state index is 12.2. The molecule has 0 aliphatic carbocycles. The summed E-state index contributed by atoms with van der Waals surface area (Å²) < 4.78 is 11.9. The Morgan fingerprint density at radius 2 is 2.00 bits per heavy atom. The molecule has 1 aromatic heterocycles. The zero-order valence-electron chi connectivity index (χ0n) is 12.8. The van der Waals surface area contributed by atoms with E-state index in [1.807, 2.05) is 0 Å². The second kappa shape index (κ2) is 6.36. The second-order valence-electron chi connectivity index (χ2n) is 5.66. The highest BCUT2D eigenvalue weighted by atomic mass is 16.5. The number of rotatable bonds is 3. The third kappa shape index (κ3) is 2.71. The molecule has 1 aliphatic heterocycles. The monoisotopic (exact) mass is 338 g/mol. The third-order valence-corrected chi connectivity index (χ3v) is 4.04. The highest BCUT2D eigenvalue weighted by molar-refractivity contribution is 5.74. The number of hydrogen-bond acceptors (Lipinski definition) is 7. The van der Waals surface area contributed by atoms with Gasteiger partial charge in [-0.1, -0.05) is 12.1 Å². The average Bonchev–Trinajstić information content (AvgIpc) is 2.88. The van der Waals surface area contributed by atoms with E-state index in [0.717, 1.165) is 4.57 Å². The van der Waals surface area contributed by atoms with Crippen molar-refractivity contribution in [2.24, 2.45) is 0 Å². The molecule has 1 fully saturated rings. The number of aliphatic hydroxyl groups excluding tert-OH is 3. The van der Waals surface area contributed by atoms with E-state index in [4.69, 9.17) is 9.15 Å². The Balaban J connectivity index is 2.11. The molecule has 1 amide bonds. The van der Waals surface area contributed by atoms with Crippen molar-refractivity contribution in [1.29, 1.82) is 0 Å². The number of carbonyl (C=O) groups excluding carboxylic acids is 1. The maximum absolute atomic E-state index is 12.2. The fourth-order valence-electron chi connectivity index (χ4n) is 2.93. The van der Waals surface area contributed by atoms with Crippen LogP contribution in [-0.2, 0) is 9.53 Å². The molecule has 5 atom stereocenters. The summed E-state index contributed by atoms with van der Waals surface area (Å²) in [6, 6.07) is 5.51. The lowest BCUT2D eigenvalue weighted by Gasteiger charge is -2.42. The molecule has 0 spiro atoms. The van der Waals surface area contributed by atoms with Crippen LogP contribution in [0.5, 0.6) is 0 Å². The van der Waals surface area contributed by atoms with Crippen LogP contribution in [0.25, 0.3) is 11.1 Å². The number of amides is 1. The average molecular weight is 338 g/mol. The number of benzene rings is 1. The zero-order valence-corrected chi connectivity index (χ0v) is 12.8. The van der Waals surface area contributed by atoms with Crippen molar-refractivity contribution in [3.8, 4) is 0 Å². The molecule has 0 saturated carbocycles. The summed E-state index contributed by atoms with van der Waals surface area (Å²) in [5, 5.41) is 32.2. The van der Waals surface area contributed by atoms with Crippen molar-refractivity contribution in [1.82, 2.24) is 9.88 Å².